The van der Waals surface area contributed by atoms with Crippen LogP contribution in [0.2, 0.25) is 0 Å². The molecule has 1 heterocycles. The third-order valence-electron chi connectivity index (χ3n) is 4.83. The third-order valence-corrected chi connectivity index (χ3v) is 4.83. The van der Waals surface area contributed by atoms with E-state index in [1.54, 1.807) is 66.7 Å². The first-order valence-corrected chi connectivity index (χ1v) is 9.98. The molecule has 9 heteroatoms. The van der Waals surface area contributed by atoms with Crippen LogP contribution in [0, 0.1) is 0 Å². The van der Waals surface area contributed by atoms with Gasteiger partial charge in [0.05, 0.1) is 11.6 Å². The highest BCUT2D eigenvalue weighted by Gasteiger charge is 2.27. The van der Waals surface area contributed by atoms with Crippen molar-refractivity contribution >= 4 is 28.8 Å². The van der Waals surface area contributed by atoms with E-state index in [-0.39, 0.29) is 11.4 Å². The number of aromatic amines is 1. The number of amides is 2. The van der Waals surface area contributed by atoms with E-state index < -0.39 is 23.4 Å². The SMILES string of the molecule is O=C(N[C@H](C(=O)N/N=C\c1cccc(O)c1)c1n[nH]c(=O)c2ccccc12)c1ccccc1. The van der Waals surface area contributed by atoms with Gasteiger partial charge in [-0.3, -0.25) is 14.4 Å². The van der Waals surface area contributed by atoms with Crippen molar-refractivity contribution in [3.63, 3.8) is 0 Å². The standard InChI is InChI=1S/C24H19N5O4/c30-17-10-6-7-15(13-17)14-25-28-24(33)21(26-22(31)16-8-2-1-3-9-16)20-18-11-4-5-12-19(18)23(32)29-27-20/h1-14,21,30H,(H,26,31)(H,28,33)(H,29,32)/b25-14-/t21-/m0/s1. The molecule has 0 spiro atoms. The predicted octanol–water partition coefficient (Wildman–Crippen LogP) is 2.25. The van der Waals surface area contributed by atoms with Crippen molar-refractivity contribution in [1.29, 1.82) is 0 Å². The molecule has 4 aromatic rings. The average Bonchev–Trinajstić information content (AvgIpc) is 2.84. The molecule has 0 saturated heterocycles. The lowest BCUT2D eigenvalue weighted by atomic mass is 10.0. The van der Waals surface area contributed by atoms with Gasteiger partial charge in [-0.1, -0.05) is 48.5 Å². The summed E-state index contributed by atoms with van der Waals surface area (Å²) in [5.74, 6) is -1.10. The van der Waals surface area contributed by atoms with E-state index in [2.05, 4.69) is 26.0 Å². The lowest BCUT2D eigenvalue weighted by Gasteiger charge is -2.18. The topological polar surface area (TPSA) is 137 Å². The Morgan fingerprint density at radius 3 is 2.45 bits per heavy atom. The van der Waals surface area contributed by atoms with Crippen LogP contribution in [-0.4, -0.2) is 33.3 Å². The third kappa shape index (κ3) is 4.93. The summed E-state index contributed by atoms with van der Waals surface area (Å²) in [6.07, 6.45) is 1.35. The van der Waals surface area contributed by atoms with E-state index in [0.717, 1.165) is 0 Å². The zero-order chi connectivity index (χ0) is 23.2. The van der Waals surface area contributed by atoms with Gasteiger partial charge in [0.1, 0.15) is 11.4 Å². The van der Waals surface area contributed by atoms with Crippen LogP contribution < -0.4 is 16.3 Å². The molecule has 1 atom stereocenters. The molecule has 2 amide bonds. The predicted molar refractivity (Wildman–Crippen MR) is 123 cm³/mol. The Hall–Kier alpha value is -4.79. The molecule has 9 nitrogen and oxygen atoms in total. The average molecular weight is 441 g/mol. The Morgan fingerprint density at radius 2 is 1.70 bits per heavy atom. The number of rotatable bonds is 6. The Balaban J connectivity index is 1.67. The molecule has 0 bridgehead atoms. The number of carbonyl (C=O) groups excluding carboxylic acids is 2. The molecule has 1 aromatic heterocycles. The van der Waals surface area contributed by atoms with Crippen LogP contribution in [0.25, 0.3) is 10.8 Å². The molecule has 3 aromatic carbocycles. The molecule has 0 aliphatic rings. The number of aromatic hydroxyl groups is 1. The first kappa shape index (κ1) is 21.4. The fraction of sp³-hybridized carbons (Fsp3) is 0.0417. The van der Waals surface area contributed by atoms with E-state index in [4.69, 9.17) is 0 Å². The van der Waals surface area contributed by atoms with Crippen LogP contribution in [0.15, 0.2) is 88.8 Å². The number of benzene rings is 3. The van der Waals surface area contributed by atoms with Crippen LogP contribution in [0.1, 0.15) is 27.7 Å². The molecule has 33 heavy (non-hydrogen) atoms. The van der Waals surface area contributed by atoms with Gasteiger partial charge in [0.25, 0.3) is 17.4 Å². The summed E-state index contributed by atoms with van der Waals surface area (Å²) in [6, 6.07) is 20.1. The second kappa shape index (κ2) is 9.56. The lowest BCUT2D eigenvalue weighted by Crippen LogP contribution is -2.40. The Labute approximate surface area is 187 Å². The fourth-order valence-corrected chi connectivity index (χ4v) is 3.26. The highest BCUT2D eigenvalue weighted by atomic mass is 16.3. The van der Waals surface area contributed by atoms with Crippen LogP contribution in [0.3, 0.4) is 0 Å². The smallest absolute Gasteiger partial charge is 0.272 e. The van der Waals surface area contributed by atoms with Gasteiger partial charge in [-0.05, 0) is 35.9 Å². The number of hydrogen-bond acceptors (Lipinski definition) is 6. The monoisotopic (exact) mass is 441 g/mol. The van der Waals surface area contributed by atoms with Crippen LogP contribution in [0.4, 0.5) is 0 Å². The zero-order valence-electron chi connectivity index (χ0n) is 17.2. The minimum Gasteiger partial charge on any atom is -0.508 e. The van der Waals surface area contributed by atoms with Gasteiger partial charge in [0.15, 0.2) is 6.04 Å². The molecule has 0 unspecified atom stereocenters. The molecule has 4 rings (SSSR count). The molecule has 0 aliphatic carbocycles. The summed E-state index contributed by atoms with van der Waals surface area (Å²) in [7, 11) is 0. The summed E-state index contributed by atoms with van der Waals surface area (Å²) in [6.45, 7) is 0. The minimum absolute atomic E-state index is 0.0576. The Morgan fingerprint density at radius 1 is 0.970 bits per heavy atom. The second-order valence-corrected chi connectivity index (χ2v) is 7.09. The van der Waals surface area contributed by atoms with Crippen LogP contribution in [-0.2, 0) is 4.79 Å². The molecule has 0 radical (unpaired) electrons. The summed E-state index contributed by atoms with van der Waals surface area (Å²) in [5.41, 5.74) is 3.06. The zero-order valence-corrected chi connectivity index (χ0v) is 17.2. The molecule has 0 saturated carbocycles. The van der Waals surface area contributed by atoms with Gasteiger partial charge in [-0.25, -0.2) is 10.5 Å². The Bertz CT molecular complexity index is 1400. The van der Waals surface area contributed by atoms with Gasteiger partial charge in [-0.2, -0.15) is 10.2 Å². The van der Waals surface area contributed by atoms with E-state index in [9.17, 15) is 19.5 Å². The van der Waals surface area contributed by atoms with Gasteiger partial charge in [-0.15, -0.1) is 0 Å². The molecule has 0 aliphatic heterocycles. The molecule has 164 valence electrons. The number of nitrogens with zero attached hydrogens (tertiary/aromatic N) is 2. The summed E-state index contributed by atoms with van der Waals surface area (Å²) < 4.78 is 0. The van der Waals surface area contributed by atoms with E-state index >= 15 is 0 Å². The number of phenols is 1. The summed E-state index contributed by atoms with van der Waals surface area (Å²) in [5, 5.41) is 23.3. The molecular weight excluding hydrogens is 422 g/mol. The van der Waals surface area contributed by atoms with Gasteiger partial charge >= 0.3 is 0 Å². The number of hydrogen-bond donors (Lipinski definition) is 4. The number of phenolic OH excluding ortho intramolecular Hbond substituents is 1. The molecule has 4 N–H and O–H groups in total. The first-order chi connectivity index (χ1) is 16.0. The van der Waals surface area contributed by atoms with Gasteiger partial charge < -0.3 is 10.4 Å². The van der Waals surface area contributed by atoms with E-state index in [1.165, 1.54) is 18.3 Å². The van der Waals surface area contributed by atoms with E-state index in [0.29, 0.717) is 21.9 Å². The Kier molecular flexibility index (Phi) is 6.21. The highest BCUT2D eigenvalue weighted by molar-refractivity contribution is 5.99. The van der Waals surface area contributed by atoms with Crippen molar-refractivity contribution < 1.29 is 14.7 Å². The number of hydrazone groups is 1. The number of fused-ring (bicyclic) bond motifs is 1. The van der Waals surface area contributed by atoms with Crippen LogP contribution in [0.5, 0.6) is 5.75 Å². The molecule has 0 fully saturated rings. The van der Waals surface area contributed by atoms with Crippen molar-refractivity contribution in [3.8, 4) is 5.75 Å². The molecular formula is C24H19N5O4. The largest absolute Gasteiger partial charge is 0.508 e. The van der Waals surface area contributed by atoms with E-state index in [1.807, 2.05) is 0 Å². The number of aromatic nitrogens is 2. The summed E-state index contributed by atoms with van der Waals surface area (Å²) in [4.78, 5) is 38.1. The number of H-pyrrole nitrogens is 1. The van der Waals surface area contributed by atoms with Crippen molar-refractivity contribution in [2.45, 2.75) is 6.04 Å². The lowest BCUT2D eigenvalue weighted by molar-refractivity contribution is -0.123. The second-order valence-electron chi connectivity index (χ2n) is 7.09. The maximum atomic E-state index is 13.1. The quantitative estimate of drug-likeness (QED) is 0.269. The summed E-state index contributed by atoms with van der Waals surface area (Å²) >= 11 is 0. The van der Waals surface area contributed by atoms with Crippen molar-refractivity contribution in [2.24, 2.45) is 5.10 Å². The number of nitrogens with one attached hydrogen (secondary N) is 3. The maximum absolute atomic E-state index is 13.1. The van der Waals surface area contributed by atoms with Gasteiger partial charge in [0.2, 0.25) is 0 Å². The highest BCUT2D eigenvalue weighted by Crippen LogP contribution is 2.20. The van der Waals surface area contributed by atoms with Crippen molar-refractivity contribution in [1.82, 2.24) is 20.9 Å². The normalized spacial score (nSPS) is 11.9. The minimum atomic E-state index is -1.25. The maximum Gasteiger partial charge on any atom is 0.272 e. The van der Waals surface area contributed by atoms with Crippen LogP contribution >= 0.6 is 0 Å². The van der Waals surface area contributed by atoms with Crippen molar-refractivity contribution in [2.75, 3.05) is 0 Å². The first-order valence-electron chi connectivity index (χ1n) is 9.98. The fourth-order valence-electron chi connectivity index (χ4n) is 3.26. The van der Waals surface area contributed by atoms with Crippen molar-refractivity contribution in [3.05, 3.63) is 106 Å². The van der Waals surface area contributed by atoms with Gasteiger partial charge in [0, 0.05) is 10.9 Å². The number of carbonyl (C=O) groups is 2.